The number of rotatable bonds is 8. The van der Waals surface area contributed by atoms with Crippen molar-refractivity contribution in [2.45, 2.75) is 65.2 Å². The van der Waals surface area contributed by atoms with Crippen molar-refractivity contribution in [3.8, 4) is 0 Å². The molecule has 0 aromatic heterocycles. The highest BCUT2D eigenvalue weighted by Crippen LogP contribution is 2.31. The van der Waals surface area contributed by atoms with Crippen LogP contribution in [-0.4, -0.2) is 29.5 Å². The molecular formula is C15H30N2S. The second kappa shape index (κ2) is 8.11. The number of likely N-dealkylation sites (tertiary alicyclic amines) is 1. The number of nitrogens with zero attached hydrogens (tertiary/aromatic N) is 1. The van der Waals surface area contributed by atoms with Gasteiger partial charge in [-0.1, -0.05) is 58.2 Å². The van der Waals surface area contributed by atoms with E-state index in [-0.39, 0.29) is 5.41 Å². The Morgan fingerprint density at radius 2 is 1.67 bits per heavy atom. The minimum absolute atomic E-state index is 0.118. The van der Waals surface area contributed by atoms with E-state index in [2.05, 4.69) is 18.7 Å². The van der Waals surface area contributed by atoms with Gasteiger partial charge in [0, 0.05) is 5.41 Å². The molecule has 0 bridgehead atoms. The van der Waals surface area contributed by atoms with Gasteiger partial charge in [0.1, 0.15) is 0 Å². The quantitative estimate of drug-likeness (QED) is 0.538. The minimum Gasteiger partial charge on any atom is -0.393 e. The third-order valence-electron chi connectivity index (χ3n) is 4.38. The molecule has 2 nitrogen and oxygen atoms in total. The van der Waals surface area contributed by atoms with Gasteiger partial charge in [0.15, 0.2) is 0 Å². The van der Waals surface area contributed by atoms with Gasteiger partial charge in [0.2, 0.25) is 0 Å². The molecule has 0 unspecified atom stereocenters. The lowest BCUT2D eigenvalue weighted by atomic mass is 9.80. The highest BCUT2D eigenvalue weighted by Gasteiger charge is 2.32. The molecule has 0 radical (unpaired) electrons. The van der Waals surface area contributed by atoms with Crippen LogP contribution >= 0.6 is 12.2 Å². The van der Waals surface area contributed by atoms with Crippen LogP contribution in [0.25, 0.3) is 0 Å². The number of nitrogens with two attached hydrogens (primary N) is 1. The number of piperidine rings is 1. The molecule has 1 fully saturated rings. The van der Waals surface area contributed by atoms with Crippen molar-refractivity contribution < 1.29 is 0 Å². The lowest BCUT2D eigenvalue weighted by Gasteiger charge is -2.38. The van der Waals surface area contributed by atoms with Gasteiger partial charge in [-0.2, -0.15) is 0 Å². The van der Waals surface area contributed by atoms with Crippen LogP contribution in [0.3, 0.4) is 0 Å². The van der Waals surface area contributed by atoms with E-state index in [0.29, 0.717) is 4.99 Å². The molecule has 1 heterocycles. The van der Waals surface area contributed by atoms with E-state index in [1.165, 1.54) is 58.2 Å². The molecule has 0 amide bonds. The first-order chi connectivity index (χ1) is 8.58. The van der Waals surface area contributed by atoms with Crippen molar-refractivity contribution in [3.05, 3.63) is 0 Å². The number of unbranched alkanes of at least 4 members (excludes halogenated alkanes) is 5. The van der Waals surface area contributed by atoms with Crippen LogP contribution in [0.2, 0.25) is 0 Å². The molecule has 1 saturated heterocycles. The van der Waals surface area contributed by atoms with Crippen LogP contribution in [-0.2, 0) is 0 Å². The van der Waals surface area contributed by atoms with Crippen LogP contribution in [0.4, 0.5) is 0 Å². The van der Waals surface area contributed by atoms with E-state index in [1.807, 2.05) is 0 Å². The Bertz CT molecular complexity index is 245. The molecule has 18 heavy (non-hydrogen) atoms. The van der Waals surface area contributed by atoms with Crippen LogP contribution in [0.15, 0.2) is 0 Å². The molecule has 0 aliphatic carbocycles. The maximum absolute atomic E-state index is 5.83. The van der Waals surface area contributed by atoms with E-state index in [4.69, 9.17) is 18.0 Å². The highest BCUT2D eigenvalue weighted by atomic mass is 32.1. The summed E-state index contributed by atoms with van der Waals surface area (Å²) in [5.41, 5.74) is 5.95. The van der Waals surface area contributed by atoms with E-state index < -0.39 is 0 Å². The fraction of sp³-hybridized carbons (Fsp3) is 0.933. The molecule has 1 aliphatic rings. The Morgan fingerprint density at radius 3 is 2.22 bits per heavy atom. The zero-order chi connectivity index (χ0) is 13.4. The highest BCUT2D eigenvalue weighted by molar-refractivity contribution is 7.80. The predicted octanol–water partition coefficient (Wildman–Crippen LogP) is 3.74. The predicted molar refractivity (Wildman–Crippen MR) is 83.9 cm³/mol. The normalized spacial score (nSPS) is 19.9. The van der Waals surface area contributed by atoms with E-state index in [9.17, 15) is 0 Å². The number of hydrogen-bond donors (Lipinski definition) is 1. The van der Waals surface area contributed by atoms with E-state index in [1.54, 1.807) is 0 Å². The van der Waals surface area contributed by atoms with Gasteiger partial charge in [-0.25, -0.2) is 0 Å². The maximum atomic E-state index is 5.83. The summed E-state index contributed by atoms with van der Waals surface area (Å²) in [6.45, 7) is 8.09. The van der Waals surface area contributed by atoms with Crippen molar-refractivity contribution in [1.82, 2.24) is 4.90 Å². The largest absolute Gasteiger partial charge is 0.393 e. The average Bonchev–Trinajstić information content (AvgIpc) is 2.36. The van der Waals surface area contributed by atoms with Gasteiger partial charge in [-0.05, 0) is 38.9 Å². The molecule has 3 heteroatoms. The monoisotopic (exact) mass is 270 g/mol. The summed E-state index contributed by atoms with van der Waals surface area (Å²) < 4.78 is 0. The molecule has 1 rings (SSSR count). The summed E-state index contributed by atoms with van der Waals surface area (Å²) >= 11 is 5.17. The topological polar surface area (TPSA) is 29.3 Å². The van der Waals surface area contributed by atoms with Gasteiger partial charge >= 0.3 is 0 Å². The Kier molecular flexibility index (Phi) is 7.16. The summed E-state index contributed by atoms with van der Waals surface area (Å²) in [6, 6.07) is 0. The Balaban J connectivity index is 2.07. The SMILES string of the molecule is CCCCCCCCN1CCC(C)(C(N)=S)CC1. The molecule has 2 N–H and O–H groups in total. The molecular weight excluding hydrogens is 240 g/mol. The summed E-state index contributed by atoms with van der Waals surface area (Å²) in [5, 5.41) is 0. The van der Waals surface area contributed by atoms with Crippen molar-refractivity contribution >= 4 is 17.2 Å². The summed E-state index contributed by atoms with van der Waals surface area (Å²) in [7, 11) is 0. The Morgan fingerprint density at radius 1 is 1.11 bits per heavy atom. The van der Waals surface area contributed by atoms with Crippen molar-refractivity contribution in [1.29, 1.82) is 0 Å². The molecule has 0 saturated carbocycles. The third-order valence-corrected chi connectivity index (χ3v) is 4.88. The van der Waals surface area contributed by atoms with Gasteiger partial charge in [-0.15, -0.1) is 0 Å². The van der Waals surface area contributed by atoms with E-state index >= 15 is 0 Å². The maximum Gasteiger partial charge on any atom is 0.0788 e. The average molecular weight is 270 g/mol. The first kappa shape index (κ1) is 15.9. The first-order valence-electron chi connectivity index (χ1n) is 7.61. The second-order valence-corrected chi connectivity index (χ2v) is 6.47. The molecule has 0 spiro atoms. The van der Waals surface area contributed by atoms with Crippen LogP contribution in [0, 0.1) is 5.41 Å². The minimum atomic E-state index is 0.118. The Labute approximate surface area is 118 Å². The van der Waals surface area contributed by atoms with Crippen LogP contribution in [0.5, 0.6) is 0 Å². The zero-order valence-corrected chi connectivity index (χ0v) is 13.0. The van der Waals surface area contributed by atoms with Gasteiger partial charge in [-0.3, -0.25) is 0 Å². The Hall–Kier alpha value is -0.150. The molecule has 0 aromatic rings. The third kappa shape index (κ3) is 5.23. The molecule has 106 valence electrons. The van der Waals surface area contributed by atoms with Gasteiger partial charge in [0.25, 0.3) is 0 Å². The fourth-order valence-electron chi connectivity index (χ4n) is 2.63. The van der Waals surface area contributed by atoms with Gasteiger partial charge < -0.3 is 10.6 Å². The zero-order valence-electron chi connectivity index (χ0n) is 12.2. The van der Waals surface area contributed by atoms with Crippen LogP contribution in [0.1, 0.15) is 65.2 Å². The molecule has 0 atom stereocenters. The van der Waals surface area contributed by atoms with Crippen molar-refractivity contribution in [2.75, 3.05) is 19.6 Å². The molecule has 1 aliphatic heterocycles. The lowest BCUT2D eigenvalue weighted by molar-refractivity contribution is 0.162. The summed E-state index contributed by atoms with van der Waals surface area (Å²) in [4.78, 5) is 3.29. The standard InChI is InChI=1S/C15H30N2S/c1-3-4-5-6-7-8-11-17-12-9-15(2,10-13-17)14(16)18/h3-13H2,1-2H3,(H2,16,18). The van der Waals surface area contributed by atoms with Crippen molar-refractivity contribution in [3.63, 3.8) is 0 Å². The smallest absolute Gasteiger partial charge is 0.0788 e. The second-order valence-electron chi connectivity index (χ2n) is 6.03. The summed E-state index contributed by atoms with van der Waals surface area (Å²) in [6.07, 6.45) is 10.6. The number of hydrogen-bond acceptors (Lipinski definition) is 2. The van der Waals surface area contributed by atoms with Gasteiger partial charge in [0.05, 0.1) is 4.99 Å². The van der Waals surface area contributed by atoms with Crippen LogP contribution < -0.4 is 5.73 Å². The number of thiocarbonyl (C=S) groups is 1. The van der Waals surface area contributed by atoms with Crippen molar-refractivity contribution in [2.24, 2.45) is 11.1 Å². The lowest BCUT2D eigenvalue weighted by Crippen LogP contribution is -2.44. The fourth-order valence-corrected chi connectivity index (χ4v) is 2.84. The van der Waals surface area contributed by atoms with E-state index in [0.717, 1.165) is 12.8 Å². The molecule has 0 aromatic carbocycles. The first-order valence-corrected chi connectivity index (χ1v) is 8.01. The summed E-state index contributed by atoms with van der Waals surface area (Å²) in [5.74, 6) is 0.